The molecule has 1 aliphatic rings. The highest BCUT2D eigenvalue weighted by Crippen LogP contribution is 2.17. The van der Waals surface area contributed by atoms with Crippen LogP contribution >= 0.6 is 0 Å². The van der Waals surface area contributed by atoms with E-state index < -0.39 is 5.60 Å². The summed E-state index contributed by atoms with van der Waals surface area (Å²) in [6, 6.07) is 0.263. The highest BCUT2D eigenvalue weighted by atomic mass is 16.6. The molecule has 100 valence electrons. The topological polar surface area (TPSA) is 41.6 Å². The number of hydrogen-bond donors (Lipinski definition) is 1. The number of ether oxygens (including phenoxy) is 1. The van der Waals surface area contributed by atoms with Gasteiger partial charge in [-0.2, -0.15) is 0 Å². The second-order valence-electron chi connectivity index (χ2n) is 6.16. The maximum absolute atomic E-state index is 12.1. The van der Waals surface area contributed by atoms with Gasteiger partial charge in [0, 0.05) is 25.7 Å². The van der Waals surface area contributed by atoms with Gasteiger partial charge >= 0.3 is 6.09 Å². The third kappa shape index (κ3) is 4.94. The van der Waals surface area contributed by atoms with Gasteiger partial charge in [0.25, 0.3) is 0 Å². The first-order valence-electron chi connectivity index (χ1n) is 6.50. The summed E-state index contributed by atoms with van der Waals surface area (Å²) in [5, 5.41) is 3.34. The average molecular weight is 242 g/mol. The molecule has 4 heteroatoms. The van der Waals surface area contributed by atoms with Crippen LogP contribution in [0.3, 0.4) is 0 Å². The fourth-order valence-corrected chi connectivity index (χ4v) is 2.08. The number of nitrogens with one attached hydrogen (secondary N) is 1. The van der Waals surface area contributed by atoms with Crippen molar-refractivity contribution in [1.29, 1.82) is 0 Å². The maximum atomic E-state index is 12.1. The van der Waals surface area contributed by atoms with Gasteiger partial charge in [-0.3, -0.25) is 0 Å². The molecule has 0 aromatic rings. The van der Waals surface area contributed by atoms with Crippen molar-refractivity contribution in [1.82, 2.24) is 10.2 Å². The van der Waals surface area contributed by atoms with Crippen molar-refractivity contribution in [3.05, 3.63) is 0 Å². The van der Waals surface area contributed by atoms with Gasteiger partial charge in [0.15, 0.2) is 0 Å². The van der Waals surface area contributed by atoms with Crippen molar-refractivity contribution in [2.45, 2.75) is 52.7 Å². The smallest absolute Gasteiger partial charge is 0.410 e. The first-order valence-corrected chi connectivity index (χ1v) is 6.50. The molecule has 1 unspecified atom stereocenters. The van der Waals surface area contributed by atoms with E-state index in [4.69, 9.17) is 4.74 Å². The number of carbonyl (C=O) groups excluding carboxylic acids is 1. The zero-order valence-electron chi connectivity index (χ0n) is 11.7. The molecule has 0 aliphatic carbocycles. The molecule has 1 atom stereocenters. The molecule has 17 heavy (non-hydrogen) atoms. The Kier molecular flexibility index (Phi) is 4.80. The predicted octanol–water partition coefficient (Wildman–Crippen LogP) is 2.24. The Morgan fingerprint density at radius 3 is 2.65 bits per heavy atom. The van der Waals surface area contributed by atoms with Gasteiger partial charge in [-0.05, 0) is 33.1 Å². The molecule has 0 radical (unpaired) electrons. The minimum absolute atomic E-state index is 0.176. The quantitative estimate of drug-likeness (QED) is 0.807. The summed E-state index contributed by atoms with van der Waals surface area (Å²) in [5.74, 6) is 0.588. The monoisotopic (exact) mass is 242 g/mol. The normalized spacial score (nSPS) is 21.8. The number of carbonyl (C=O) groups is 1. The molecule has 1 saturated heterocycles. The van der Waals surface area contributed by atoms with Crippen molar-refractivity contribution < 1.29 is 9.53 Å². The van der Waals surface area contributed by atoms with Crippen LogP contribution in [0.1, 0.15) is 41.0 Å². The van der Waals surface area contributed by atoms with Gasteiger partial charge in [-0.15, -0.1) is 0 Å². The van der Waals surface area contributed by atoms with Crippen LogP contribution in [0.25, 0.3) is 0 Å². The van der Waals surface area contributed by atoms with Crippen LogP contribution in [0.5, 0.6) is 0 Å². The Hall–Kier alpha value is -0.770. The highest BCUT2D eigenvalue weighted by Gasteiger charge is 2.30. The standard InChI is InChI=1S/C13H26N2O2/c1-10(2)8-11-9-14-6-7-15(11)12(16)17-13(3,4)5/h10-11,14H,6-9H2,1-5H3. The summed E-state index contributed by atoms with van der Waals surface area (Å²) in [4.78, 5) is 14.0. The van der Waals surface area contributed by atoms with Crippen LogP contribution in [0.15, 0.2) is 0 Å². The van der Waals surface area contributed by atoms with Crippen LogP contribution in [0.2, 0.25) is 0 Å². The van der Waals surface area contributed by atoms with Crippen molar-refractivity contribution in [3.63, 3.8) is 0 Å². The molecule has 1 heterocycles. The fraction of sp³-hybridized carbons (Fsp3) is 0.923. The lowest BCUT2D eigenvalue weighted by Gasteiger charge is -2.37. The molecule has 1 aliphatic heterocycles. The third-order valence-electron chi connectivity index (χ3n) is 2.72. The van der Waals surface area contributed by atoms with Crippen LogP contribution in [0.4, 0.5) is 4.79 Å². The van der Waals surface area contributed by atoms with E-state index in [1.165, 1.54) is 0 Å². The van der Waals surface area contributed by atoms with Crippen molar-refractivity contribution >= 4 is 6.09 Å². The predicted molar refractivity (Wildman–Crippen MR) is 69.1 cm³/mol. The lowest BCUT2D eigenvalue weighted by atomic mass is 10.0. The van der Waals surface area contributed by atoms with E-state index >= 15 is 0 Å². The van der Waals surface area contributed by atoms with Crippen LogP contribution < -0.4 is 5.32 Å². The fourth-order valence-electron chi connectivity index (χ4n) is 2.08. The zero-order chi connectivity index (χ0) is 13.1. The van der Waals surface area contributed by atoms with E-state index in [1.54, 1.807) is 0 Å². The molecular formula is C13H26N2O2. The first-order chi connectivity index (χ1) is 7.79. The summed E-state index contributed by atoms with van der Waals surface area (Å²) < 4.78 is 5.45. The van der Waals surface area contributed by atoms with E-state index in [9.17, 15) is 4.79 Å². The van der Waals surface area contributed by atoms with Crippen LogP contribution in [-0.2, 0) is 4.74 Å². The molecule has 0 saturated carbocycles. The molecule has 0 bridgehead atoms. The lowest BCUT2D eigenvalue weighted by molar-refractivity contribution is 0.00989. The molecule has 1 N–H and O–H groups in total. The Balaban J connectivity index is 2.61. The highest BCUT2D eigenvalue weighted by molar-refractivity contribution is 5.68. The molecule has 0 spiro atoms. The molecule has 4 nitrogen and oxygen atoms in total. The maximum Gasteiger partial charge on any atom is 0.410 e. The minimum Gasteiger partial charge on any atom is -0.444 e. The van der Waals surface area contributed by atoms with E-state index in [0.29, 0.717) is 5.92 Å². The third-order valence-corrected chi connectivity index (χ3v) is 2.72. The summed E-state index contributed by atoms with van der Waals surface area (Å²) >= 11 is 0. The second-order valence-corrected chi connectivity index (χ2v) is 6.16. The molecular weight excluding hydrogens is 216 g/mol. The number of rotatable bonds is 2. The minimum atomic E-state index is -0.412. The van der Waals surface area contributed by atoms with Gasteiger partial charge in [-0.25, -0.2) is 4.79 Å². The van der Waals surface area contributed by atoms with Gasteiger partial charge < -0.3 is 15.0 Å². The number of hydrogen-bond acceptors (Lipinski definition) is 3. The number of amides is 1. The van der Waals surface area contributed by atoms with E-state index in [1.807, 2.05) is 25.7 Å². The average Bonchev–Trinajstić information content (AvgIpc) is 2.14. The van der Waals surface area contributed by atoms with Gasteiger partial charge in [0.2, 0.25) is 0 Å². The molecule has 1 fully saturated rings. The van der Waals surface area contributed by atoms with Gasteiger partial charge in [0.05, 0.1) is 0 Å². The van der Waals surface area contributed by atoms with Crippen molar-refractivity contribution in [3.8, 4) is 0 Å². The van der Waals surface area contributed by atoms with Crippen LogP contribution in [0, 0.1) is 5.92 Å². The molecule has 0 aromatic heterocycles. The van der Waals surface area contributed by atoms with Crippen molar-refractivity contribution in [2.24, 2.45) is 5.92 Å². The van der Waals surface area contributed by atoms with E-state index in [2.05, 4.69) is 19.2 Å². The largest absolute Gasteiger partial charge is 0.444 e. The number of nitrogens with zero attached hydrogens (tertiary/aromatic N) is 1. The lowest BCUT2D eigenvalue weighted by Crippen LogP contribution is -2.55. The SMILES string of the molecule is CC(C)CC1CNCCN1C(=O)OC(C)(C)C. The summed E-state index contributed by atoms with van der Waals surface area (Å²) in [6.07, 6.45) is 0.844. The Labute approximate surface area is 105 Å². The summed E-state index contributed by atoms with van der Waals surface area (Å²) in [5.41, 5.74) is -0.412. The Morgan fingerprint density at radius 1 is 1.47 bits per heavy atom. The second kappa shape index (κ2) is 5.71. The summed E-state index contributed by atoms with van der Waals surface area (Å²) in [6.45, 7) is 12.6. The van der Waals surface area contributed by atoms with Crippen molar-refractivity contribution in [2.75, 3.05) is 19.6 Å². The van der Waals surface area contributed by atoms with Gasteiger partial charge in [0.1, 0.15) is 5.60 Å². The Bertz CT molecular complexity index is 259. The molecule has 0 aromatic carbocycles. The van der Waals surface area contributed by atoms with E-state index in [-0.39, 0.29) is 12.1 Å². The van der Waals surface area contributed by atoms with Crippen LogP contribution in [-0.4, -0.2) is 42.3 Å². The zero-order valence-corrected chi connectivity index (χ0v) is 11.7. The molecule has 1 amide bonds. The molecule has 1 rings (SSSR count). The Morgan fingerprint density at radius 2 is 2.12 bits per heavy atom. The van der Waals surface area contributed by atoms with E-state index in [0.717, 1.165) is 26.1 Å². The first kappa shape index (κ1) is 14.3. The number of piperazine rings is 1. The summed E-state index contributed by atoms with van der Waals surface area (Å²) in [7, 11) is 0. The van der Waals surface area contributed by atoms with Gasteiger partial charge in [-0.1, -0.05) is 13.8 Å².